The summed E-state index contributed by atoms with van der Waals surface area (Å²) in [4.78, 5) is 23.2. The van der Waals surface area contributed by atoms with Crippen molar-refractivity contribution in [1.29, 1.82) is 0 Å². The minimum Gasteiger partial charge on any atom is -0.444 e. The van der Waals surface area contributed by atoms with Gasteiger partial charge in [-0.1, -0.05) is 0 Å². The highest BCUT2D eigenvalue weighted by atomic mass is 19.4. The number of halogens is 3. The number of ether oxygens (including phenoxy) is 1. The van der Waals surface area contributed by atoms with Gasteiger partial charge in [-0.3, -0.25) is 0 Å². The summed E-state index contributed by atoms with van der Waals surface area (Å²) in [6, 6.07) is 0. The molecule has 1 amide bonds. The number of piperazine rings is 1. The predicted octanol–water partition coefficient (Wildman–Crippen LogP) is 2.30. The van der Waals surface area contributed by atoms with Crippen molar-refractivity contribution in [3.05, 3.63) is 18.0 Å². The van der Waals surface area contributed by atoms with Crippen molar-refractivity contribution < 1.29 is 27.8 Å². The average molecular weight is 376 g/mol. The van der Waals surface area contributed by atoms with Crippen LogP contribution in [0.25, 0.3) is 0 Å². The van der Waals surface area contributed by atoms with E-state index in [1.165, 1.54) is 0 Å². The number of carbonyl (C=O) groups is 1. The zero-order valence-electron chi connectivity index (χ0n) is 15.2. The topological polar surface area (TPSA) is 78.8 Å². The van der Waals surface area contributed by atoms with Crippen molar-refractivity contribution in [2.24, 2.45) is 0 Å². The van der Waals surface area contributed by atoms with Gasteiger partial charge in [-0.15, -0.1) is 0 Å². The Morgan fingerprint density at radius 3 is 2.00 bits per heavy atom. The lowest BCUT2D eigenvalue weighted by Gasteiger charge is -2.35. The van der Waals surface area contributed by atoms with E-state index in [2.05, 4.69) is 9.97 Å². The summed E-state index contributed by atoms with van der Waals surface area (Å²) < 4.78 is 43.8. The van der Waals surface area contributed by atoms with Crippen LogP contribution in [0.2, 0.25) is 0 Å². The number of nitrogens with zero attached hydrogens (tertiary/aromatic N) is 4. The molecule has 2 heterocycles. The van der Waals surface area contributed by atoms with Crippen LogP contribution >= 0.6 is 0 Å². The van der Waals surface area contributed by atoms with Crippen LogP contribution in [0.1, 0.15) is 33.3 Å². The minimum atomic E-state index is -4.82. The molecule has 7 nitrogen and oxygen atoms in total. The molecule has 26 heavy (non-hydrogen) atoms. The zero-order valence-corrected chi connectivity index (χ0v) is 15.2. The van der Waals surface area contributed by atoms with Gasteiger partial charge in [0.25, 0.3) is 0 Å². The Morgan fingerprint density at radius 2 is 1.58 bits per heavy atom. The molecule has 0 saturated carbocycles. The van der Waals surface area contributed by atoms with Crippen LogP contribution in [0, 0.1) is 0 Å². The van der Waals surface area contributed by atoms with Gasteiger partial charge >= 0.3 is 12.3 Å². The fourth-order valence-electron chi connectivity index (χ4n) is 2.32. The quantitative estimate of drug-likeness (QED) is 0.853. The number of anilines is 1. The van der Waals surface area contributed by atoms with E-state index < -0.39 is 29.0 Å². The van der Waals surface area contributed by atoms with E-state index in [9.17, 15) is 23.1 Å². The predicted molar refractivity (Wildman–Crippen MR) is 87.7 cm³/mol. The largest absolute Gasteiger partial charge is 0.444 e. The first kappa shape index (κ1) is 20.2. The molecule has 0 bridgehead atoms. The van der Waals surface area contributed by atoms with Gasteiger partial charge in [0, 0.05) is 44.1 Å². The third kappa shape index (κ3) is 4.54. The van der Waals surface area contributed by atoms with Gasteiger partial charge < -0.3 is 19.6 Å². The molecule has 1 fully saturated rings. The lowest BCUT2D eigenvalue weighted by molar-refractivity contribution is -0.259. The summed E-state index contributed by atoms with van der Waals surface area (Å²) in [7, 11) is 0. The number of aromatic nitrogens is 2. The number of hydrogen-bond acceptors (Lipinski definition) is 6. The van der Waals surface area contributed by atoms with Crippen molar-refractivity contribution in [2.45, 2.75) is 45.1 Å². The van der Waals surface area contributed by atoms with Gasteiger partial charge in [-0.05, 0) is 27.7 Å². The third-order valence-corrected chi connectivity index (χ3v) is 3.97. The molecule has 1 aliphatic heterocycles. The highest BCUT2D eigenvalue weighted by Gasteiger charge is 2.51. The van der Waals surface area contributed by atoms with Gasteiger partial charge in [-0.25, -0.2) is 14.8 Å². The van der Waals surface area contributed by atoms with Crippen molar-refractivity contribution in [3.63, 3.8) is 0 Å². The van der Waals surface area contributed by atoms with E-state index in [1.54, 1.807) is 30.6 Å². The highest BCUT2D eigenvalue weighted by molar-refractivity contribution is 5.68. The fourth-order valence-corrected chi connectivity index (χ4v) is 2.32. The molecule has 0 radical (unpaired) electrons. The molecular weight excluding hydrogens is 353 g/mol. The van der Waals surface area contributed by atoms with Gasteiger partial charge in [0.05, 0.1) is 0 Å². The van der Waals surface area contributed by atoms with Crippen LogP contribution in [0.4, 0.5) is 23.9 Å². The zero-order chi connectivity index (χ0) is 19.8. The summed E-state index contributed by atoms with van der Waals surface area (Å²) >= 11 is 0. The first-order valence-corrected chi connectivity index (χ1v) is 8.16. The Kier molecular flexibility index (Phi) is 5.36. The molecule has 0 spiro atoms. The Bertz CT molecular complexity index is 634. The van der Waals surface area contributed by atoms with Crippen molar-refractivity contribution in [2.75, 3.05) is 31.1 Å². The van der Waals surface area contributed by atoms with E-state index in [0.29, 0.717) is 33.1 Å². The van der Waals surface area contributed by atoms with Crippen LogP contribution in [-0.2, 0) is 10.3 Å². The van der Waals surface area contributed by atoms with Gasteiger partial charge in [0.15, 0.2) is 5.60 Å². The lowest BCUT2D eigenvalue weighted by atomic mass is 9.99. The molecule has 1 aromatic rings. The molecule has 0 aliphatic carbocycles. The maximum atomic E-state index is 12.8. The maximum Gasteiger partial charge on any atom is 0.421 e. The van der Waals surface area contributed by atoms with E-state index >= 15 is 0 Å². The molecule has 1 unspecified atom stereocenters. The summed E-state index contributed by atoms with van der Waals surface area (Å²) in [5.74, 6) is 0.246. The second-order valence-corrected chi connectivity index (χ2v) is 7.30. The third-order valence-electron chi connectivity index (χ3n) is 3.97. The molecule has 1 saturated heterocycles. The Balaban J connectivity index is 1.99. The van der Waals surface area contributed by atoms with Crippen molar-refractivity contribution >= 4 is 12.0 Å². The van der Waals surface area contributed by atoms with Gasteiger partial charge in [0.2, 0.25) is 5.95 Å². The number of aliphatic hydroxyl groups is 1. The van der Waals surface area contributed by atoms with E-state index in [1.807, 2.05) is 0 Å². The van der Waals surface area contributed by atoms with Crippen LogP contribution in [-0.4, -0.2) is 64.0 Å². The lowest BCUT2D eigenvalue weighted by Crippen LogP contribution is -2.50. The maximum absolute atomic E-state index is 12.8. The molecular formula is C16H23F3N4O3. The summed E-state index contributed by atoms with van der Waals surface area (Å²) in [5, 5.41) is 9.64. The normalized spacial score (nSPS) is 18.5. The second kappa shape index (κ2) is 6.90. The van der Waals surface area contributed by atoms with E-state index in [-0.39, 0.29) is 5.95 Å². The molecule has 1 aliphatic rings. The SMILES string of the molecule is CC(C)(C)OC(=O)N1CCN(c2ncc(C(C)(O)C(F)(F)F)cn2)CC1. The molecule has 0 aromatic carbocycles. The van der Waals surface area contributed by atoms with E-state index in [0.717, 1.165) is 12.4 Å². The van der Waals surface area contributed by atoms with Gasteiger partial charge in [0.1, 0.15) is 5.60 Å². The van der Waals surface area contributed by atoms with Crippen LogP contribution in [0.5, 0.6) is 0 Å². The Hall–Kier alpha value is -2.10. The summed E-state index contributed by atoms with van der Waals surface area (Å²) in [6.07, 6.45) is -3.29. The average Bonchev–Trinajstić information content (AvgIpc) is 2.52. The number of amides is 1. The molecule has 1 N–H and O–H groups in total. The first-order chi connectivity index (χ1) is 11.8. The summed E-state index contributed by atoms with van der Waals surface area (Å²) in [6.45, 7) is 7.64. The second-order valence-electron chi connectivity index (χ2n) is 7.30. The molecule has 10 heteroatoms. The number of carbonyl (C=O) groups excluding carboxylic acids is 1. The Morgan fingerprint density at radius 1 is 1.08 bits per heavy atom. The van der Waals surface area contributed by atoms with Crippen molar-refractivity contribution in [1.82, 2.24) is 14.9 Å². The van der Waals surface area contributed by atoms with Gasteiger partial charge in [-0.2, -0.15) is 13.2 Å². The molecule has 1 atom stereocenters. The minimum absolute atomic E-state index is 0.246. The first-order valence-electron chi connectivity index (χ1n) is 8.16. The van der Waals surface area contributed by atoms with Crippen LogP contribution < -0.4 is 4.90 Å². The fraction of sp³-hybridized carbons (Fsp3) is 0.688. The Labute approximate surface area is 149 Å². The van der Waals surface area contributed by atoms with Crippen molar-refractivity contribution in [3.8, 4) is 0 Å². The number of rotatable bonds is 2. The van der Waals surface area contributed by atoms with Crippen LogP contribution in [0.3, 0.4) is 0 Å². The van der Waals surface area contributed by atoms with E-state index in [4.69, 9.17) is 4.74 Å². The number of hydrogen-bond donors (Lipinski definition) is 1. The molecule has 1 aromatic heterocycles. The highest BCUT2D eigenvalue weighted by Crippen LogP contribution is 2.38. The standard InChI is InChI=1S/C16H23F3N4O3/c1-14(2,3)26-13(24)23-7-5-22(6-8-23)12-20-9-11(10-21-12)15(4,25)16(17,18)19/h9-10,25H,5-8H2,1-4H3. The smallest absolute Gasteiger partial charge is 0.421 e. The monoisotopic (exact) mass is 376 g/mol. The number of alkyl halides is 3. The molecule has 146 valence electrons. The van der Waals surface area contributed by atoms with Crippen LogP contribution in [0.15, 0.2) is 12.4 Å². The molecule has 2 rings (SSSR count). The summed E-state index contributed by atoms with van der Waals surface area (Å²) in [5.41, 5.74) is -4.02.